The van der Waals surface area contributed by atoms with Gasteiger partial charge in [-0.25, -0.2) is 4.98 Å². The molecule has 4 rings (SSSR count). The number of imidazole rings is 1. The Morgan fingerprint density at radius 3 is 3.09 bits per heavy atom. The van der Waals surface area contributed by atoms with Crippen LogP contribution in [0, 0.1) is 13.8 Å². The molecule has 7 heteroatoms. The average molecular weight is 329 g/mol. The summed E-state index contributed by atoms with van der Waals surface area (Å²) >= 11 is 1.74. The third kappa shape index (κ3) is 2.35. The Hall–Kier alpha value is -2.15. The van der Waals surface area contributed by atoms with Gasteiger partial charge in [0, 0.05) is 36.3 Å². The van der Waals surface area contributed by atoms with Crippen molar-refractivity contribution in [2.45, 2.75) is 32.6 Å². The summed E-state index contributed by atoms with van der Waals surface area (Å²) in [5, 5.41) is 8.81. The maximum absolute atomic E-state index is 12.5. The van der Waals surface area contributed by atoms with E-state index in [0.29, 0.717) is 11.6 Å². The fraction of sp³-hybridized carbons (Fsp3) is 0.438. The lowest BCUT2D eigenvalue weighted by Gasteiger charge is -2.31. The molecule has 0 radical (unpaired) electrons. The largest absolute Gasteiger partial charge is 0.337 e. The number of aryl methyl sites for hydroxylation is 2. The number of nitrogens with zero attached hydrogens (tertiary/aromatic N) is 4. The summed E-state index contributed by atoms with van der Waals surface area (Å²) in [5.74, 6) is 1.37. The third-order valence-corrected chi connectivity index (χ3v) is 5.62. The summed E-state index contributed by atoms with van der Waals surface area (Å²) in [6.45, 7) is 5.68. The van der Waals surface area contributed by atoms with Gasteiger partial charge in [0.25, 0.3) is 5.91 Å². The predicted molar refractivity (Wildman–Crippen MR) is 89.0 cm³/mol. The highest BCUT2D eigenvalue weighted by molar-refractivity contribution is 7.15. The Labute approximate surface area is 138 Å². The van der Waals surface area contributed by atoms with Crippen LogP contribution in [0.2, 0.25) is 0 Å². The fourth-order valence-corrected chi connectivity index (χ4v) is 4.55. The number of fused-ring (bicyclic) bond motifs is 1. The average Bonchev–Trinajstić information content (AvgIpc) is 3.27. The van der Waals surface area contributed by atoms with Crippen LogP contribution in [-0.4, -0.2) is 43.5 Å². The second kappa shape index (κ2) is 5.49. The number of thiazole rings is 1. The quantitative estimate of drug-likeness (QED) is 0.786. The van der Waals surface area contributed by atoms with Crippen LogP contribution in [0.3, 0.4) is 0 Å². The van der Waals surface area contributed by atoms with Crippen LogP contribution >= 0.6 is 11.3 Å². The van der Waals surface area contributed by atoms with E-state index < -0.39 is 0 Å². The molecule has 0 spiro atoms. The maximum Gasteiger partial charge on any atom is 0.271 e. The van der Waals surface area contributed by atoms with Gasteiger partial charge in [-0.15, -0.1) is 11.3 Å². The minimum Gasteiger partial charge on any atom is -0.337 e. The molecule has 0 aromatic carbocycles. The molecule has 1 fully saturated rings. The van der Waals surface area contributed by atoms with Crippen molar-refractivity contribution in [1.82, 2.24) is 24.5 Å². The molecule has 1 atom stereocenters. The number of hydrogen-bond acceptors (Lipinski definition) is 4. The lowest BCUT2D eigenvalue weighted by molar-refractivity contribution is 0.0700. The van der Waals surface area contributed by atoms with E-state index in [1.54, 1.807) is 23.6 Å². The van der Waals surface area contributed by atoms with Gasteiger partial charge in [-0.1, -0.05) is 0 Å². The van der Waals surface area contributed by atoms with E-state index in [1.165, 1.54) is 10.5 Å². The van der Waals surface area contributed by atoms with Gasteiger partial charge in [0.1, 0.15) is 16.3 Å². The smallest absolute Gasteiger partial charge is 0.271 e. The Morgan fingerprint density at radius 2 is 2.30 bits per heavy atom. The standard InChI is InChI=1S/C16H19N5OS/c1-10-9-23-16-14(18-11(2)21(10)16)12-4-3-7-20(8-12)15(22)13-5-6-17-19-13/h5-6,9,12H,3-4,7-8H2,1-2H3,(H,17,19). The van der Waals surface area contributed by atoms with Gasteiger partial charge >= 0.3 is 0 Å². The van der Waals surface area contributed by atoms with E-state index >= 15 is 0 Å². The van der Waals surface area contributed by atoms with Crippen molar-refractivity contribution in [3.63, 3.8) is 0 Å². The fourth-order valence-electron chi connectivity index (χ4n) is 3.45. The molecule has 6 nitrogen and oxygen atoms in total. The molecule has 1 aliphatic rings. The molecular weight excluding hydrogens is 310 g/mol. The number of H-pyrrole nitrogens is 1. The molecule has 3 aromatic heterocycles. The molecule has 23 heavy (non-hydrogen) atoms. The van der Waals surface area contributed by atoms with Crippen LogP contribution in [0.15, 0.2) is 17.6 Å². The van der Waals surface area contributed by atoms with Crippen LogP contribution in [0.4, 0.5) is 0 Å². The van der Waals surface area contributed by atoms with Crippen molar-refractivity contribution in [3.8, 4) is 0 Å². The van der Waals surface area contributed by atoms with Gasteiger partial charge in [0.2, 0.25) is 0 Å². The van der Waals surface area contributed by atoms with Crippen molar-refractivity contribution in [2.75, 3.05) is 13.1 Å². The number of piperidine rings is 1. The number of aromatic nitrogens is 4. The van der Waals surface area contributed by atoms with Crippen molar-refractivity contribution in [3.05, 3.63) is 40.5 Å². The molecule has 1 N–H and O–H groups in total. The summed E-state index contributed by atoms with van der Waals surface area (Å²) in [7, 11) is 0. The zero-order valence-corrected chi connectivity index (χ0v) is 14.1. The maximum atomic E-state index is 12.5. The Balaban J connectivity index is 1.63. The van der Waals surface area contributed by atoms with Gasteiger partial charge in [0.05, 0.1) is 5.69 Å². The minimum atomic E-state index is 0.0294. The van der Waals surface area contributed by atoms with Gasteiger partial charge < -0.3 is 4.90 Å². The van der Waals surface area contributed by atoms with Crippen LogP contribution in [0.5, 0.6) is 0 Å². The highest BCUT2D eigenvalue weighted by atomic mass is 32.1. The summed E-state index contributed by atoms with van der Waals surface area (Å²) in [4.78, 5) is 20.5. The SMILES string of the molecule is Cc1csc2c(C3CCCN(C(=O)c4ccn[nH]4)C3)nc(C)n12. The van der Waals surface area contributed by atoms with Gasteiger partial charge in [-0.3, -0.25) is 14.3 Å². The Kier molecular flexibility index (Phi) is 3.45. The summed E-state index contributed by atoms with van der Waals surface area (Å²) in [5.41, 5.74) is 2.92. The molecule has 1 saturated heterocycles. The molecule has 1 amide bonds. The number of rotatable bonds is 2. The van der Waals surface area contributed by atoms with E-state index in [0.717, 1.165) is 37.4 Å². The number of likely N-dealkylation sites (tertiary alicyclic amines) is 1. The lowest BCUT2D eigenvalue weighted by Crippen LogP contribution is -2.39. The van der Waals surface area contributed by atoms with Crippen molar-refractivity contribution in [2.24, 2.45) is 0 Å². The van der Waals surface area contributed by atoms with E-state index in [4.69, 9.17) is 4.98 Å². The number of aromatic amines is 1. The van der Waals surface area contributed by atoms with Crippen molar-refractivity contribution < 1.29 is 4.79 Å². The lowest BCUT2D eigenvalue weighted by atomic mass is 9.95. The minimum absolute atomic E-state index is 0.0294. The van der Waals surface area contributed by atoms with Gasteiger partial charge in [-0.2, -0.15) is 5.10 Å². The number of nitrogens with one attached hydrogen (secondary N) is 1. The van der Waals surface area contributed by atoms with E-state index in [9.17, 15) is 4.79 Å². The van der Waals surface area contributed by atoms with Crippen molar-refractivity contribution >= 4 is 22.1 Å². The molecular formula is C16H19N5OS. The number of hydrogen-bond donors (Lipinski definition) is 1. The highest BCUT2D eigenvalue weighted by Crippen LogP contribution is 2.33. The topological polar surface area (TPSA) is 66.3 Å². The summed E-state index contributed by atoms with van der Waals surface area (Å²) in [6.07, 6.45) is 3.70. The zero-order valence-electron chi connectivity index (χ0n) is 13.2. The molecule has 0 saturated carbocycles. The zero-order chi connectivity index (χ0) is 16.0. The van der Waals surface area contributed by atoms with Crippen LogP contribution in [0.25, 0.3) is 4.83 Å². The normalized spacial score (nSPS) is 18.7. The predicted octanol–water partition coefficient (Wildman–Crippen LogP) is 2.76. The van der Waals surface area contributed by atoms with E-state index in [2.05, 4.69) is 26.9 Å². The molecule has 1 unspecified atom stereocenters. The molecule has 0 bridgehead atoms. The molecule has 120 valence electrons. The number of amides is 1. The van der Waals surface area contributed by atoms with E-state index in [-0.39, 0.29) is 5.91 Å². The molecule has 3 aromatic rings. The molecule has 1 aliphatic heterocycles. The Bertz CT molecular complexity index is 847. The second-order valence-corrected chi connectivity index (χ2v) is 6.98. The van der Waals surface area contributed by atoms with Crippen LogP contribution in [0.1, 0.15) is 46.5 Å². The first-order valence-electron chi connectivity index (χ1n) is 7.87. The van der Waals surface area contributed by atoms with E-state index in [1.807, 2.05) is 11.8 Å². The first kappa shape index (κ1) is 14.4. The monoisotopic (exact) mass is 329 g/mol. The molecule has 0 aliphatic carbocycles. The van der Waals surface area contributed by atoms with Crippen LogP contribution < -0.4 is 0 Å². The first-order valence-corrected chi connectivity index (χ1v) is 8.75. The van der Waals surface area contributed by atoms with Gasteiger partial charge in [0.15, 0.2) is 0 Å². The summed E-state index contributed by atoms with van der Waals surface area (Å²) < 4.78 is 2.22. The second-order valence-electron chi connectivity index (χ2n) is 6.12. The van der Waals surface area contributed by atoms with Gasteiger partial charge in [-0.05, 0) is 32.8 Å². The third-order valence-electron chi connectivity index (χ3n) is 4.55. The molecule has 4 heterocycles. The number of carbonyl (C=O) groups is 1. The van der Waals surface area contributed by atoms with Crippen LogP contribution in [-0.2, 0) is 0 Å². The summed E-state index contributed by atoms with van der Waals surface area (Å²) in [6, 6.07) is 1.73. The highest BCUT2D eigenvalue weighted by Gasteiger charge is 2.29. The Morgan fingerprint density at radius 1 is 1.43 bits per heavy atom. The first-order chi connectivity index (χ1) is 11.1. The number of carbonyl (C=O) groups excluding carboxylic acids is 1. The van der Waals surface area contributed by atoms with Crippen molar-refractivity contribution in [1.29, 1.82) is 0 Å².